The zero-order valence-corrected chi connectivity index (χ0v) is 12.3. The Morgan fingerprint density at radius 1 is 1.25 bits per heavy atom. The number of benzene rings is 1. The third-order valence-electron chi connectivity index (χ3n) is 2.93. The first-order chi connectivity index (χ1) is 9.29. The molecule has 5 nitrogen and oxygen atoms in total. The number of aryl methyl sites for hydroxylation is 3. The van der Waals surface area contributed by atoms with Crippen LogP contribution in [0.5, 0.6) is 0 Å². The van der Waals surface area contributed by atoms with Crippen molar-refractivity contribution < 1.29 is 12.8 Å². The minimum absolute atomic E-state index is 0.0190. The van der Waals surface area contributed by atoms with E-state index in [4.69, 9.17) is 0 Å². The highest BCUT2D eigenvalue weighted by Gasteiger charge is 2.16. The smallest absolute Gasteiger partial charge is 0.257 e. The van der Waals surface area contributed by atoms with E-state index in [1.807, 2.05) is 0 Å². The number of aromatic amines is 1. The normalized spacial score (nSPS) is 11.8. The van der Waals surface area contributed by atoms with Crippen LogP contribution >= 0.6 is 0 Å². The van der Waals surface area contributed by atoms with Gasteiger partial charge >= 0.3 is 0 Å². The van der Waals surface area contributed by atoms with Crippen LogP contribution in [0.15, 0.2) is 23.4 Å². The topological polar surface area (TPSA) is 74.8 Å². The Bertz CT molecular complexity index is 715. The van der Waals surface area contributed by atoms with Gasteiger partial charge in [-0.3, -0.25) is 0 Å². The lowest BCUT2D eigenvalue weighted by atomic mass is 10.1. The Hall–Kier alpha value is -1.73. The van der Waals surface area contributed by atoms with Crippen LogP contribution in [0.1, 0.15) is 22.5 Å². The Balaban J connectivity index is 2.16. The van der Waals surface area contributed by atoms with Gasteiger partial charge in [0.25, 0.3) is 10.0 Å². The molecule has 0 radical (unpaired) electrons. The molecule has 0 spiro atoms. The first-order valence-corrected chi connectivity index (χ1v) is 7.55. The van der Waals surface area contributed by atoms with Crippen LogP contribution < -0.4 is 4.72 Å². The second-order valence-corrected chi connectivity index (χ2v) is 6.44. The molecular weight excluding hydrogens is 281 g/mol. The summed E-state index contributed by atoms with van der Waals surface area (Å²) in [6.07, 6.45) is 1.26. The van der Waals surface area contributed by atoms with Crippen molar-refractivity contribution in [3.05, 3.63) is 46.7 Å². The van der Waals surface area contributed by atoms with E-state index >= 15 is 0 Å². The maximum absolute atomic E-state index is 13.5. The fraction of sp³-hybridized carbons (Fsp3) is 0.308. The predicted octanol–water partition coefficient (Wildman–Crippen LogP) is 1.95. The van der Waals surface area contributed by atoms with Crippen LogP contribution in [0.2, 0.25) is 0 Å². The standard InChI is InChI=1S/C13H16FN3O2S/c1-8-4-11(5-9(2)13(8)14)6-16-20(18,19)12-7-15-10(3)17-12/h4-5,7,16H,6H2,1-3H3,(H,15,17). The van der Waals surface area contributed by atoms with Crippen LogP contribution in [0.25, 0.3) is 0 Å². The molecule has 1 aromatic heterocycles. The van der Waals surface area contributed by atoms with Crippen LogP contribution in [0, 0.1) is 26.6 Å². The van der Waals surface area contributed by atoms with E-state index in [1.165, 1.54) is 6.20 Å². The van der Waals surface area contributed by atoms with Crippen molar-refractivity contribution in [2.24, 2.45) is 0 Å². The number of nitrogens with zero attached hydrogens (tertiary/aromatic N) is 1. The number of rotatable bonds is 4. The minimum atomic E-state index is -3.64. The molecule has 1 heterocycles. The monoisotopic (exact) mass is 297 g/mol. The number of aromatic nitrogens is 2. The van der Waals surface area contributed by atoms with E-state index in [9.17, 15) is 12.8 Å². The Kier molecular flexibility index (Phi) is 3.92. The quantitative estimate of drug-likeness (QED) is 0.905. The van der Waals surface area contributed by atoms with Gasteiger partial charge in [0.1, 0.15) is 11.6 Å². The Morgan fingerprint density at radius 3 is 2.35 bits per heavy atom. The molecule has 0 bridgehead atoms. The van der Waals surface area contributed by atoms with E-state index in [2.05, 4.69) is 14.7 Å². The van der Waals surface area contributed by atoms with Crippen molar-refractivity contribution in [2.45, 2.75) is 32.3 Å². The molecule has 2 N–H and O–H groups in total. The third-order valence-corrected chi connectivity index (χ3v) is 4.24. The molecular formula is C13H16FN3O2S. The molecule has 0 aliphatic carbocycles. The SMILES string of the molecule is Cc1ncc(S(=O)(=O)NCc2cc(C)c(F)c(C)c2)[nH]1. The van der Waals surface area contributed by atoms with Gasteiger partial charge in [-0.1, -0.05) is 12.1 Å². The molecule has 7 heteroatoms. The number of hydrogen-bond donors (Lipinski definition) is 2. The molecule has 0 atom stereocenters. The highest BCUT2D eigenvalue weighted by atomic mass is 32.2. The van der Waals surface area contributed by atoms with Gasteiger partial charge in [-0.2, -0.15) is 0 Å². The zero-order valence-electron chi connectivity index (χ0n) is 11.5. The van der Waals surface area contributed by atoms with Gasteiger partial charge in [0.15, 0.2) is 5.03 Å². The summed E-state index contributed by atoms with van der Waals surface area (Å²) >= 11 is 0. The molecule has 0 unspecified atom stereocenters. The van der Waals surface area contributed by atoms with Crippen LogP contribution in [-0.2, 0) is 16.6 Å². The fourth-order valence-electron chi connectivity index (χ4n) is 1.93. The molecule has 0 fully saturated rings. The number of hydrogen-bond acceptors (Lipinski definition) is 3. The predicted molar refractivity (Wildman–Crippen MR) is 73.2 cm³/mol. The first-order valence-electron chi connectivity index (χ1n) is 6.06. The second-order valence-electron chi connectivity index (χ2n) is 4.70. The molecule has 2 aromatic rings. The minimum Gasteiger partial charge on any atom is -0.332 e. The van der Waals surface area contributed by atoms with E-state index in [0.717, 1.165) is 0 Å². The summed E-state index contributed by atoms with van der Waals surface area (Å²) in [5.74, 6) is 0.264. The van der Waals surface area contributed by atoms with Crippen molar-refractivity contribution in [2.75, 3.05) is 0 Å². The van der Waals surface area contributed by atoms with Crippen molar-refractivity contribution >= 4 is 10.0 Å². The van der Waals surface area contributed by atoms with Crippen molar-refractivity contribution in [3.63, 3.8) is 0 Å². The van der Waals surface area contributed by atoms with Gasteiger partial charge < -0.3 is 4.98 Å². The van der Waals surface area contributed by atoms with Gasteiger partial charge in [-0.25, -0.2) is 22.5 Å². The third kappa shape index (κ3) is 3.05. The lowest BCUT2D eigenvalue weighted by Gasteiger charge is -2.08. The van der Waals surface area contributed by atoms with E-state index < -0.39 is 10.0 Å². The van der Waals surface area contributed by atoms with E-state index in [-0.39, 0.29) is 17.4 Å². The van der Waals surface area contributed by atoms with Gasteiger partial charge in [0, 0.05) is 6.54 Å². The largest absolute Gasteiger partial charge is 0.332 e. The fourth-order valence-corrected chi connectivity index (χ4v) is 2.91. The van der Waals surface area contributed by atoms with Gasteiger partial charge in [0.2, 0.25) is 0 Å². The summed E-state index contributed by atoms with van der Waals surface area (Å²) < 4.78 is 40.0. The van der Waals surface area contributed by atoms with Crippen LogP contribution in [0.4, 0.5) is 4.39 Å². The van der Waals surface area contributed by atoms with Gasteiger partial charge in [-0.05, 0) is 37.5 Å². The molecule has 0 aliphatic rings. The van der Waals surface area contributed by atoms with Crippen molar-refractivity contribution in [1.29, 1.82) is 0 Å². The van der Waals surface area contributed by atoms with Crippen LogP contribution in [-0.4, -0.2) is 18.4 Å². The number of nitrogens with one attached hydrogen (secondary N) is 2. The lowest BCUT2D eigenvalue weighted by Crippen LogP contribution is -2.23. The summed E-state index contributed by atoms with van der Waals surface area (Å²) in [5.41, 5.74) is 1.70. The highest BCUT2D eigenvalue weighted by molar-refractivity contribution is 7.89. The second kappa shape index (κ2) is 5.34. The molecule has 0 amide bonds. The number of imidazole rings is 1. The molecule has 1 aromatic carbocycles. The average molecular weight is 297 g/mol. The maximum Gasteiger partial charge on any atom is 0.257 e. The molecule has 20 heavy (non-hydrogen) atoms. The van der Waals surface area contributed by atoms with Crippen molar-refractivity contribution in [3.8, 4) is 0 Å². The number of sulfonamides is 1. The van der Waals surface area contributed by atoms with Crippen molar-refractivity contribution in [1.82, 2.24) is 14.7 Å². The molecule has 0 saturated carbocycles. The summed E-state index contributed by atoms with van der Waals surface area (Å²) in [6, 6.07) is 3.26. The summed E-state index contributed by atoms with van der Waals surface area (Å²) in [7, 11) is -3.64. The number of halogens is 1. The van der Waals surface area contributed by atoms with Crippen LogP contribution in [0.3, 0.4) is 0 Å². The van der Waals surface area contributed by atoms with Gasteiger partial charge in [0.05, 0.1) is 6.20 Å². The van der Waals surface area contributed by atoms with E-state index in [0.29, 0.717) is 22.5 Å². The lowest BCUT2D eigenvalue weighted by molar-refractivity contribution is 0.577. The van der Waals surface area contributed by atoms with Gasteiger partial charge in [-0.15, -0.1) is 0 Å². The highest BCUT2D eigenvalue weighted by Crippen LogP contribution is 2.15. The van der Waals surface area contributed by atoms with E-state index in [1.54, 1.807) is 32.9 Å². The number of H-pyrrole nitrogens is 1. The Morgan fingerprint density at radius 2 is 1.85 bits per heavy atom. The molecule has 2 rings (SSSR count). The average Bonchev–Trinajstić information content (AvgIpc) is 2.81. The first kappa shape index (κ1) is 14.7. The summed E-state index contributed by atoms with van der Waals surface area (Å²) in [4.78, 5) is 6.52. The Labute approximate surface area is 117 Å². The molecule has 0 saturated heterocycles. The zero-order chi connectivity index (χ0) is 14.9. The summed E-state index contributed by atoms with van der Waals surface area (Å²) in [6.45, 7) is 5.07. The molecule has 108 valence electrons. The summed E-state index contributed by atoms with van der Waals surface area (Å²) in [5, 5.41) is 0.0190. The maximum atomic E-state index is 13.5. The molecule has 0 aliphatic heterocycles.